The molecule has 0 bridgehead atoms. The van der Waals surface area contributed by atoms with E-state index in [1.54, 1.807) is 0 Å². The number of phenolic OH excluding ortho intramolecular Hbond substituents is 2. The number of fused-ring (bicyclic) bond motifs is 1. The van der Waals surface area contributed by atoms with E-state index in [1.165, 1.54) is 60.8 Å². The van der Waals surface area contributed by atoms with E-state index in [0.717, 1.165) is 44.3 Å². The molecule has 0 radical (unpaired) electrons. The monoisotopic (exact) mass is 918 g/mol. The molecule has 0 spiro atoms. The fourth-order valence-electron chi connectivity index (χ4n) is 7.15. The van der Waals surface area contributed by atoms with Crippen molar-refractivity contribution >= 4 is 14.4 Å². The van der Waals surface area contributed by atoms with Gasteiger partial charge in [0.2, 0.25) is 0 Å². The van der Waals surface area contributed by atoms with Crippen LogP contribution in [0.5, 0.6) is 11.5 Å². The van der Waals surface area contributed by atoms with Crippen LogP contribution in [0.4, 0.5) is 0 Å². The van der Waals surface area contributed by atoms with Gasteiger partial charge in [0.1, 0.15) is 0 Å². The summed E-state index contributed by atoms with van der Waals surface area (Å²) in [6.45, 7) is 25.4. The van der Waals surface area contributed by atoms with E-state index in [4.69, 9.17) is 0 Å². The molecule has 2 unspecified atom stereocenters. The zero-order valence-corrected chi connectivity index (χ0v) is 39.1. The van der Waals surface area contributed by atoms with Crippen molar-refractivity contribution in [2.24, 2.45) is 0 Å². The van der Waals surface area contributed by atoms with Gasteiger partial charge in [-0.2, -0.15) is 49.2 Å². The van der Waals surface area contributed by atoms with Crippen LogP contribution in [0.2, 0.25) is 0 Å². The van der Waals surface area contributed by atoms with Crippen LogP contribution in [0, 0.1) is 13.8 Å². The van der Waals surface area contributed by atoms with Crippen LogP contribution < -0.4 is 0 Å². The van der Waals surface area contributed by atoms with Gasteiger partial charge in [0, 0.05) is 0 Å². The van der Waals surface area contributed by atoms with E-state index in [0.29, 0.717) is 49.6 Å². The van der Waals surface area contributed by atoms with Crippen molar-refractivity contribution < 1.29 is 29.1 Å². The predicted octanol–water partition coefficient (Wildman–Crippen LogP) is 14.6. The molecule has 4 aromatic carbocycles. The number of hydrogen-bond donors (Lipinski definition) is 2. The maximum absolute atomic E-state index is 11.4. The molecule has 5 heteroatoms. The Labute approximate surface area is 335 Å². The molecule has 0 aromatic heterocycles. The normalized spacial score (nSPS) is 19.6. The predicted molar refractivity (Wildman–Crippen MR) is 232 cm³/mol. The summed E-state index contributed by atoms with van der Waals surface area (Å²) in [4.78, 5) is 0. The van der Waals surface area contributed by atoms with Crippen LogP contribution in [0.25, 0.3) is 0 Å². The maximum Gasteiger partial charge on any atom is -0.0866 e. The maximum atomic E-state index is 11.4. The first-order valence-electron chi connectivity index (χ1n) is 19.9. The molecule has 2 nitrogen and oxygen atoms in total. The van der Waals surface area contributed by atoms with Gasteiger partial charge in [-0.3, -0.25) is 0 Å². The molecule has 6 rings (SSSR count). The van der Waals surface area contributed by atoms with Crippen LogP contribution in [-0.4, -0.2) is 20.7 Å². The zero-order chi connectivity index (χ0) is 38.7. The smallest absolute Gasteiger partial charge is 0.0866 e. The summed E-state index contributed by atoms with van der Waals surface area (Å²) in [6.07, 6.45) is 8.33. The second kappa shape index (κ2) is 21.2. The fraction of sp³-hybridized carbons (Fsp3) is 0.458. The Bertz CT molecular complexity index is 1690. The van der Waals surface area contributed by atoms with Gasteiger partial charge in [-0.05, 0) is 0 Å². The van der Waals surface area contributed by atoms with Gasteiger partial charge >= 0.3 is 252 Å². The number of phenols is 2. The van der Waals surface area contributed by atoms with Crippen molar-refractivity contribution in [1.29, 1.82) is 0 Å². The Morgan fingerprint density at radius 2 is 0.906 bits per heavy atom. The summed E-state index contributed by atoms with van der Waals surface area (Å²) in [5, 5.41) is 24.5. The average molecular weight is 918 g/mol. The quantitative estimate of drug-likeness (QED) is 0.137. The largest absolute Gasteiger partial charge is 0.199 e. The van der Waals surface area contributed by atoms with Crippen molar-refractivity contribution in [3.63, 3.8) is 0 Å². The molecular formula is C48H66HfO2S2-2. The summed E-state index contributed by atoms with van der Waals surface area (Å²) in [5.74, 6) is 5.02. The van der Waals surface area contributed by atoms with Gasteiger partial charge in [0.25, 0.3) is 0 Å². The number of rotatable bonds is 8. The van der Waals surface area contributed by atoms with Gasteiger partial charge in [-0.25, -0.2) is 0 Å². The van der Waals surface area contributed by atoms with E-state index in [-0.39, 0.29) is 0 Å². The second-order valence-electron chi connectivity index (χ2n) is 16.1. The van der Waals surface area contributed by atoms with Gasteiger partial charge in [0.15, 0.2) is 0 Å². The Balaban J connectivity index is 0.000000370. The van der Waals surface area contributed by atoms with E-state index in [9.17, 15) is 10.2 Å². The Morgan fingerprint density at radius 1 is 0.547 bits per heavy atom. The first-order chi connectivity index (χ1) is 25.3. The van der Waals surface area contributed by atoms with Gasteiger partial charge < -0.3 is 0 Å². The van der Waals surface area contributed by atoms with Crippen molar-refractivity contribution in [2.45, 2.75) is 140 Å². The summed E-state index contributed by atoms with van der Waals surface area (Å²) < 4.78 is 0. The molecule has 2 aliphatic rings. The van der Waals surface area contributed by atoms with E-state index in [2.05, 4.69) is 93.5 Å². The van der Waals surface area contributed by atoms with Crippen molar-refractivity contribution in [3.05, 3.63) is 143 Å². The second-order valence-corrected chi connectivity index (χ2v) is 37.0. The topological polar surface area (TPSA) is 40.5 Å². The average Bonchev–Trinajstić information content (AvgIpc) is 3.40. The molecule has 0 saturated heterocycles. The summed E-state index contributed by atoms with van der Waals surface area (Å²) in [7, 11) is 0.919. The molecule has 53 heavy (non-hydrogen) atoms. The molecule has 2 N–H and O–H groups in total. The van der Waals surface area contributed by atoms with Gasteiger partial charge in [-0.15, -0.1) is 24.3 Å². The molecular weight excluding hydrogens is 851 g/mol. The summed E-state index contributed by atoms with van der Waals surface area (Å²) >= 11 is -0.995. The number of benzene rings is 4. The molecule has 1 aliphatic carbocycles. The van der Waals surface area contributed by atoms with Crippen molar-refractivity contribution in [1.82, 2.24) is 0 Å². The van der Waals surface area contributed by atoms with Crippen LogP contribution in [0.15, 0.2) is 84.9 Å². The van der Waals surface area contributed by atoms with Crippen LogP contribution in [0.3, 0.4) is 0 Å². The third-order valence-electron chi connectivity index (χ3n) is 10.5. The number of hydrogen-bond acceptors (Lipinski definition) is 2. The third kappa shape index (κ3) is 12.7. The first kappa shape index (κ1) is 43.5. The van der Waals surface area contributed by atoms with E-state index in [1.807, 2.05) is 60.7 Å². The van der Waals surface area contributed by atoms with Crippen molar-refractivity contribution in [2.75, 3.05) is 0 Å². The number of aromatic hydroxyl groups is 2. The van der Waals surface area contributed by atoms with Crippen molar-refractivity contribution in [3.8, 4) is 11.5 Å². The minimum Gasteiger partial charge on any atom is -0.199 e. The molecule has 4 aromatic rings. The molecule has 4 atom stereocenters. The fourth-order valence-corrected chi connectivity index (χ4v) is 46.2. The molecule has 1 aliphatic heterocycles. The molecule has 1 saturated carbocycles. The first-order valence-corrected chi connectivity index (χ1v) is 31.6. The SMILES string of the molecule is CC(C)c1cc(C[S]2=[Hf]=[S](Cc3cc(C(C)C)cc(C(C)C)c3O)[C@H]3CCCCCC[C@@H]32)c(O)c(C(C)C)c1.[CH2-]c1ccccc1.[CH2-]c1ccccc1. The minimum absolute atomic E-state index is 0.339. The van der Waals surface area contributed by atoms with Gasteiger partial charge in [-0.1, -0.05) is 12.1 Å². The summed E-state index contributed by atoms with van der Waals surface area (Å²) in [5.41, 5.74) is 9.65. The molecule has 1 fully saturated rings. The Morgan fingerprint density at radius 3 is 1.19 bits per heavy atom. The Kier molecular flexibility index (Phi) is 17.4. The molecule has 288 valence electrons. The summed E-state index contributed by atoms with van der Waals surface area (Å²) in [6, 6.07) is 29.0. The molecule has 0 amide bonds. The van der Waals surface area contributed by atoms with Crippen LogP contribution in [-0.2, 0) is 30.4 Å². The van der Waals surface area contributed by atoms with Crippen LogP contribution in [0.1, 0.15) is 162 Å². The minimum atomic E-state index is -0.995. The molecule has 1 heterocycles. The van der Waals surface area contributed by atoms with Gasteiger partial charge in [0.05, 0.1) is 0 Å². The third-order valence-corrected chi connectivity index (χ3v) is 39.7. The Hall–Kier alpha value is -2.21. The zero-order valence-electron chi connectivity index (χ0n) is 33.8. The van der Waals surface area contributed by atoms with Crippen LogP contribution >= 0.6 is 14.4 Å². The standard InChI is InChI=1S/C34H52O2S2.2C7H7.Hf/c1-21(2)25-15-27(33(35)29(17-25)23(5)6)19-37-31-13-11-9-10-12-14-32(31)38-20-28-16-26(22(3)4)18-30(24(7)8)34(28)36;2*1-7-5-3-2-4-6-7;/h15-18,21-24,31-32,35-36H,9-14,19-20H2,1-8H3;2*2-6H,1H2;/q;2*-1;/t31-,32-;;;/m0.../s1. The van der Waals surface area contributed by atoms with E-state index >= 15 is 0 Å². The van der Waals surface area contributed by atoms with E-state index < -0.39 is 18.9 Å².